The standard InChI is InChI=1S/C15H18O4/c1-10-7-12-13(19-6-5-18-12)8-11(10)9-15(14(16)17)3-2-4-15/h7-8H,2-6,9H2,1H3,(H,16,17). The van der Waals surface area contributed by atoms with Gasteiger partial charge in [-0.1, -0.05) is 6.42 Å². The lowest BCUT2D eigenvalue weighted by Crippen LogP contribution is -2.40. The Morgan fingerprint density at radius 2 is 1.89 bits per heavy atom. The number of carbonyl (C=O) groups is 1. The number of hydrogen-bond acceptors (Lipinski definition) is 3. The first kappa shape index (κ1) is 12.3. The summed E-state index contributed by atoms with van der Waals surface area (Å²) >= 11 is 0. The Morgan fingerprint density at radius 3 is 2.42 bits per heavy atom. The predicted octanol–water partition coefficient (Wildman–Crippen LogP) is 2.56. The fourth-order valence-corrected chi connectivity index (χ4v) is 2.86. The third kappa shape index (κ3) is 2.05. The number of aryl methyl sites for hydroxylation is 1. The van der Waals surface area contributed by atoms with E-state index in [0.717, 1.165) is 41.9 Å². The van der Waals surface area contributed by atoms with Crippen LogP contribution in [0.15, 0.2) is 12.1 Å². The third-order valence-electron chi connectivity index (χ3n) is 4.29. The van der Waals surface area contributed by atoms with E-state index < -0.39 is 11.4 Å². The Morgan fingerprint density at radius 1 is 1.26 bits per heavy atom. The van der Waals surface area contributed by atoms with Crippen molar-refractivity contribution in [2.75, 3.05) is 13.2 Å². The van der Waals surface area contributed by atoms with E-state index in [1.165, 1.54) is 0 Å². The van der Waals surface area contributed by atoms with Gasteiger partial charge >= 0.3 is 5.97 Å². The molecule has 1 N–H and O–H groups in total. The summed E-state index contributed by atoms with van der Waals surface area (Å²) in [6, 6.07) is 3.91. The molecule has 4 nitrogen and oxygen atoms in total. The Balaban J connectivity index is 1.90. The third-order valence-corrected chi connectivity index (χ3v) is 4.29. The summed E-state index contributed by atoms with van der Waals surface area (Å²) in [6.45, 7) is 3.13. The average Bonchev–Trinajstić information content (AvgIpc) is 2.33. The van der Waals surface area contributed by atoms with Crippen molar-refractivity contribution in [3.63, 3.8) is 0 Å². The smallest absolute Gasteiger partial charge is 0.309 e. The molecule has 0 atom stereocenters. The summed E-state index contributed by atoms with van der Waals surface area (Å²) < 4.78 is 11.1. The van der Waals surface area contributed by atoms with E-state index in [2.05, 4.69) is 0 Å². The fourth-order valence-electron chi connectivity index (χ4n) is 2.86. The molecule has 1 heterocycles. The van der Waals surface area contributed by atoms with E-state index in [9.17, 15) is 9.90 Å². The lowest BCUT2D eigenvalue weighted by Gasteiger charge is -2.38. The number of benzene rings is 1. The normalized spacial score (nSPS) is 19.6. The van der Waals surface area contributed by atoms with Crippen molar-refractivity contribution >= 4 is 5.97 Å². The molecule has 19 heavy (non-hydrogen) atoms. The van der Waals surface area contributed by atoms with Crippen molar-refractivity contribution in [1.82, 2.24) is 0 Å². The summed E-state index contributed by atoms with van der Waals surface area (Å²) in [5.41, 5.74) is 1.58. The Kier molecular flexibility index (Phi) is 2.88. The molecule has 4 heteroatoms. The van der Waals surface area contributed by atoms with Crippen LogP contribution in [-0.4, -0.2) is 24.3 Å². The maximum absolute atomic E-state index is 11.5. The van der Waals surface area contributed by atoms with Gasteiger partial charge in [0, 0.05) is 0 Å². The summed E-state index contributed by atoms with van der Waals surface area (Å²) in [7, 11) is 0. The lowest BCUT2D eigenvalue weighted by molar-refractivity contribution is -0.154. The number of hydrogen-bond donors (Lipinski definition) is 1. The van der Waals surface area contributed by atoms with E-state index in [1.807, 2.05) is 19.1 Å². The number of rotatable bonds is 3. The predicted molar refractivity (Wildman–Crippen MR) is 69.8 cm³/mol. The van der Waals surface area contributed by atoms with Gasteiger partial charge in [0.1, 0.15) is 13.2 Å². The molecule has 1 aliphatic carbocycles. The van der Waals surface area contributed by atoms with Crippen LogP contribution in [0.3, 0.4) is 0 Å². The van der Waals surface area contributed by atoms with Gasteiger partial charge in [-0.3, -0.25) is 4.79 Å². The van der Waals surface area contributed by atoms with Crippen LogP contribution in [0.25, 0.3) is 0 Å². The maximum atomic E-state index is 11.5. The number of aliphatic carboxylic acids is 1. The first-order valence-corrected chi connectivity index (χ1v) is 6.73. The number of fused-ring (bicyclic) bond motifs is 1. The molecule has 1 saturated carbocycles. The fraction of sp³-hybridized carbons (Fsp3) is 0.533. The van der Waals surface area contributed by atoms with Gasteiger partial charge in [-0.05, 0) is 49.4 Å². The van der Waals surface area contributed by atoms with Crippen LogP contribution in [0.5, 0.6) is 11.5 Å². The molecule has 1 aromatic carbocycles. The van der Waals surface area contributed by atoms with Gasteiger partial charge in [0.25, 0.3) is 0 Å². The van der Waals surface area contributed by atoms with Crippen LogP contribution in [0.4, 0.5) is 0 Å². The van der Waals surface area contributed by atoms with Crippen LogP contribution in [0.1, 0.15) is 30.4 Å². The molecule has 102 valence electrons. The van der Waals surface area contributed by atoms with Gasteiger partial charge in [-0.25, -0.2) is 0 Å². The molecular weight excluding hydrogens is 244 g/mol. The monoisotopic (exact) mass is 262 g/mol. The van der Waals surface area contributed by atoms with Gasteiger partial charge in [0.15, 0.2) is 11.5 Å². The minimum atomic E-state index is -0.673. The molecule has 1 fully saturated rings. The molecule has 0 amide bonds. The molecular formula is C15H18O4. The number of ether oxygens (including phenoxy) is 2. The quantitative estimate of drug-likeness (QED) is 0.909. The van der Waals surface area contributed by atoms with E-state index >= 15 is 0 Å². The van der Waals surface area contributed by atoms with Crippen LogP contribution in [0, 0.1) is 12.3 Å². The zero-order valence-electron chi connectivity index (χ0n) is 11.1. The highest BCUT2D eigenvalue weighted by molar-refractivity contribution is 5.76. The molecule has 0 unspecified atom stereocenters. The van der Waals surface area contributed by atoms with Crippen molar-refractivity contribution in [2.24, 2.45) is 5.41 Å². The van der Waals surface area contributed by atoms with Crippen molar-refractivity contribution in [3.05, 3.63) is 23.3 Å². The largest absolute Gasteiger partial charge is 0.486 e. The van der Waals surface area contributed by atoms with Crippen molar-refractivity contribution in [2.45, 2.75) is 32.6 Å². The topological polar surface area (TPSA) is 55.8 Å². The SMILES string of the molecule is Cc1cc2c(cc1CC1(C(=O)O)CCC1)OCCO2. The Bertz CT molecular complexity index is 517. The summed E-state index contributed by atoms with van der Waals surface area (Å²) in [4.78, 5) is 11.5. The van der Waals surface area contributed by atoms with E-state index in [4.69, 9.17) is 9.47 Å². The van der Waals surface area contributed by atoms with Gasteiger partial charge in [-0.15, -0.1) is 0 Å². The van der Waals surface area contributed by atoms with E-state index in [1.54, 1.807) is 0 Å². The number of carboxylic acid groups (broad SMARTS) is 1. The van der Waals surface area contributed by atoms with Gasteiger partial charge in [0.2, 0.25) is 0 Å². The van der Waals surface area contributed by atoms with Gasteiger partial charge in [-0.2, -0.15) is 0 Å². The molecule has 0 aromatic heterocycles. The second kappa shape index (κ2) is 4.44. The van der Waals surface area contributed by atoms with Gasteiger partial charge < -0.3 is 14.6 Å². The van der Waals surface area contributed by atoms with Crippen LogP contribution in [-0.2, 0) is 11.2 Å². The molecule has 0 radical (unpaired) electrons. The highest BCUT2D eigenvalue weighted by atomic mass is 16.6. The van der Waals surface area contributed by atoms with Crippen LogP contribution in [0.2, 0.25) is 0 Å². The van der Waals surface area contributed by atoms with E-state index in [-0.39, 0.29) is 0 Å². The summed E-state index contributed by atoms with van der Waals surface area (Å²) in [5, 5.41) is 9.42. The molecule has 2 aliphatic rings. The highest BCUT2D eigenvalue weighted by Crippen LogP contribution is 2.45. The minimum absolute atomic E-state index is 0.555. The molecule has 0 saturated heterocycles. The van der Waals surface area contributed by atoms with E-state index in [0.29, 0.717) is 19.6 Å². The van der Waals surface area contributed by atoms with Crippen molar-refractivity contribution in [1.29, 1.82) is 0 Å². The second-order valence-corrected chi connectivity index (χ2v) is 5.54. The second-order valence-electron chi connectivity index (χ2n) is 5.54. The first-order chi connectivity index (χ1) is 9.11. The maximum Gasteiger partial charge on any atom is 0.309 e. The molecule has 0 bridgehead atoms. The Hall–Kier alpha value is -1.71. The van der Waals surface area contributed by atoms with Crippen molar-refractivity contribution in [3.8, 4) is 11.5 Å². The van der Waals surface area contributed by atoms with Crippen LogP contribution < -0.4 is 9.47 Å². The van der Waals surface area contributed by atoms with Gasteiger partial charge in [0.05, 0.1) is 5.41 Å². The molecule has 1 aromatic rings. The van der Waals surface area contributed by atoms with Crippen LogP contribution >= 0.6 is 0 Å². The zero-order valence-corrected chi connectivity index (χ0v) is 11.1. The molecule has 3 rings (SSSR count). The summed E-state index contributed by atoms with van der Waals surface area (Å²) in [6.07, 6.45) is 3.15. The Labute approximate surface area is 112 Å². The summed E-state index contributed by atoms with van der Waals surface area (Å²) in [5.74, 6) is 0.838. The first-order valence-electron chi connectivity index (χ1n) is 6.73. The lowest BCUT2D eigenvalue weighted by atomic mass is 9.65. The highest BCUT2D eigenvalue weighted by Gasteiger charge is 2.44. The average molecular weight is 262 g/mol. The zero-order chi connectivity index (χ0) is 13.5. The molecule has 0 spiro atoms. The number of carboxylic acids is 1. The molecule has 1 aliphatic heterocycles. The minimum Gasteiger partial charge on any atom is -0.486 e. The van der Waals surface area contributed by atoms with Crippen molar-refractivity contribution < 1.29 is 19.4 Å².